The number of methoxy groups -OCH3 is 1. The molecule has 0 aliphatic carbocycles. The molecule has 0 unspecified atom stereocenters. The summed E-state index contributed by atoms with van der Waals surface area (Å²) in [5.41, 5.74) is 5.66. The van der Waals surface area contributed by atoms with Gasteiger partial charge in [0.15, 0.2) is 5.82 Å². The number of aromatic nitrogens is 2. The van der Waals surface area contributed by atoms with Gasteiger partial charge in [-0.15, -0.1) is 12.4 Å². The van der Waals surface area contributed by atoms with Crippen molar-refractivity contribution in [1.29, 1.82) is 0 Å². The predicted molar refractivity (Wildman–Crippen MR) is 85.9 cm³/mol. The van der Waals surface area contributed by atoms with Crippen molar-refractivity contribution in [3.05, 3.63) is 12.3 Å². The standard InChI is InChI=1S/C13H21N5O4.ClH/c1-8(2)12(14)13(21)15-6-10(19)16-9-4-5-18(17-9)7-11(20)22-3;/h4-5,8,12H,6-7,14H2,1-3H3,(H,15,21)(H,16,17,19);1H/t12-;/m0./s1. The number of hydrogen-bond donors (Lipinski definition) is 3. The van der Waals surface area contributed by atoms with Crippen molar-refractivity contribution >= 4 is 36.0 Å². The molecule has 2 amide bonds. The van der Waals surface area contributed by atoms with E-state index in [1.165, 1.54) is 24.1 Å². The van der Waals surface area contributed by atoms with Crippen LogP contribution in [0.25, 0.3) is 0 Å². The minimum atomic E-state index is -0.660. The number of nitrogens with zero attached hydrogens (tertiary/aromatic N) is 2. The largest absolute Gasteiger partial charge is 0.468 e. The third-order valence-electron chi connectivity index (χ3n) is 2.87. The van der Waals surface area contributed by atoms with Crippen molar-refractivity contribution < 1.29 is 19.1 Å². The Morgan fingerprint density at radius 1 is 1.39 bits per heavy atom. The SMILES string of the molecule is COC(=O)Cn1ccc(NC(=O)CNC(=O)[C@@H](N)C(C)C)n1.Cl. The molecule has 0 spiro atoms. The summed E-state index contributed by atoms with van der Waals surface area (Å²) in [6.07, 6.45) is 1.53. The quantitative estimate of drug-likeness (QED) is 0.571. The van der Waals surface area contributed by atoms with Crippen LogP contribution in [0.3, 0.4) is 0 Å². The summed E-state index contributed by atoms with van der Waals surface area (Å²) in [5, 5.41) is 8.92. The van der Waals surface area contributed by atoms with Crippen LogP contribution in [-0.2, 0) is 25.7 Å². The third kappa shape index (κ3) is 7.11. The summed E-state index contributed by atoms with van der Waals surface area (Å²) in [6, 6.07) is 0.870. The van der Waals surface area contributed by atoms with Gasteiger partial charge in [-0.25, -0.2) is 0 Å². The fourth-order valence-electron chi connectivity index (χ4n) is 1.49. The highest BCUT2D eigenvalue weighted by Crippen LogP contribution is 2.02. The van der Waals surface area contributed by atoms with E-state index in [1.54, 1.807) is 0 Å². The zero-order valence-corrected chi connectivity index (χ0v) is 14.1. The Labute approximate surface area is 140 Å². The molecule has 0 bridgehead atoms. The van der Waals surface area contributed by atoms with E-state index in [0.29, 0.717) is 0 Å². The Morgan fingerprint density at radius 2 is 2.04 bits per heavy atom. The van der Waals surface area contributed by atoms with Crippen molar-refractivity contribution in [2.75, 3.05) is 19.0 Å². The fourth-order valence-corrected chi connectivity index (χ4v) is 1.49. The van der Waals surface area contributed by atoms with Crippen LogP contribution >= 0.6 is 12.4 Å². The Balaban J connectivity index is 0.00000484. The molecule has 1 aromatic heterocycles. The normalized spacial score (nSPS) is 11.3. The summed E-state index contributed by atoms with van der Waals surface area (Å²) < 4.78 is 5.83. The van der Waals surface area contributed by atoms with Crippen molar-refractivity contribution in [3.8, 4) is 0 Å². The molecular formula is C13H22ClN5O4. The Bertz CT molecular complexity index is 546. The third-order valence-corrected chi connectivity index (χ3v) is 2.87. The number of ether oxygens (including phenoxy) is 1. The predicted octanol–water partition coefficient (Wildman–Crippen LogP) is -0.484. The van der Waals surface area contributed by atoms with Crippen LogP contribution in [0, 0.1) is 5.92 Å². The molecular weight excluding hydrogens is 326 g/mol. The first kappa shape index (κ1) is 20.9. The van der Waals surface area contributed by atoms with Crippen LogP contribution in [0.1, 0.15) is 13.8 Å². The molecule has 0 fully saturated rings. The lowest BCUT2D eigenvalue weighted by molar-refractivity contribution is -0.141. The van der Waals surface area contributed by atoms with E-state index in [9.17, 15) is 14.4 Å². The highest BCUT2D eigenvalue weighted by molar-refractivity contribution is 5.94. The molecule has 10 heteroatoms. The monoisotopic (exact) mass is 347 g/mol. The van der Waals surface area contributed by atoms with E-state index in [1.807, 2.05) is 13.8 Å². The van der Waals surface area contributed by atoms with Gasteiger partial charge >= 0.3 is 5.97 Å². The molecule has 4 N–H and O–H groups in total. The summed E-state index contributed by atoms with van der Waals surface area (Å²) in [5.74, 6) is -1.02. The van der Waals surface area contributed by atoms with Gasteiger partial charge in [-0.3, -0.25) is 19.1 Å². The first-order chi connectivity index (χ1) is 10.3. The second-order valence-corrected chi connectivity index (χ2v) is 5.01. The van der Waals surface area contributed by atoms with Gasteiger partial charge in [0, 0.05) is 12.3 Å². The van der Waals surface area contributed by atoms with Gasteiger partial charge in [-0.2, -0.15) is 5.10 Å². The van der Waals surface area contributed by atoms with E-state index in [-0.39, 0.29) is 43.1 Å². The Hall–Kier alpha value is -2.13. The maximum absolute atomic E-state index is 11.7. The highest BCUT2D eigenvalue weighted by atomic mass is 35.5. The van der Waals surface area contributed by atoms with E-state index >= 15 is 0 Å². The molecule has 0 aliphatic heterocycles. The van der Waals surface area contributed by atoms with Gasteiger partial charge in [-0.1, -0.05) is 13.8 Å². The molecule has 0 saturated carbocycles. The molecule has 9 nitrogen and oxygen atoms in total. The van der Waals surface area contributed by atoms with Gasteiger partial charge < -0.3 is 21.1 Å². The molecule has 1 aromatic rings. The minimum Gasteiger partial charge on any atom is -0.468 e. The van der Waals surface area contributed by atoms with Crippen LogP contribution in [-0.4, -0.2) is 47.3 Å². The van der Waals surface area contributed by atoms with Crippen molar-refractivity contribution in [3.63, 3.8) is 0 Å². The number of rotatable bonds is 7. The number of nitrogens with two attached hydrogens (primary N) is 1. The lowest BCUT2D eigenvalue weighted by Gasteiger charge is -2.14. The smallest absolute Gasteiger partial charge is 0.327 e. The summed E-state index contributed by atoms with van der Waals surface area (Å²) in [7, 11) is 1.28. The van der Waals surface area contributed by atoms with E-state index in [2.05, 4.69) is 20.5 Å². The van der Waals surface area contributed by atoms with Crippen LogP contribution in [0.5, 0.6) is 0 Å². The lowest BCUT2D eigenvalue weighted by Crippen LogP contribution is -2.46. The number of carbonyl (C=O) groups excluding carboxylic acids is 3. The summed E-state index contributed by atoms with van der Waals surface area (Å²) in [6.45, 7) is 3.38. The number of nitrogens with one attached hydrogen (secondary N) is 2. The zero-order chi connectivity index (χ0) is 16.7. The number of anilines is 1. The summed E-state index contributed by atoms with van der Waals surface area (Å²) >= 11 is 0. The van der Waals surface area contributed by atoms with E-state index in [4.69, 9.17) is 5.73 Å². The van der Waals surface area contributed by atoms with Gasteiger partial charge in [0.05, 0.1) is 19.7 Å². The number of amides is 2. The molecule has 130 valence electrons. The lowest BCUT2D eigenvalue weighted by atomic mass is 10.1. The second kappa shape index (κ2) is 9.80. The molecule has 1 atom stereocenters. The number of carbonyl (C=O) groups is 3. The maximum atomic E-state index is 11.7. The van der Waals surface area contributed by atoms with Crippen LogP contribution in [0.4, 0.5) is 5.82 Å². The first-order valence-electron chi connectivity index (χ1n) is 6.77. The minimum absolute atomic E-state index is 0. The van der Waals surface area contributed by atoms with Crippen LogP contribution in [0.2, 0.25) is 0 Å². The molecule has 0 saturated heterocycles. The Kier molecular flexibility index (Phi) is 8.89. The zero-order valence-electron chi connectivity index (χ0n) is 13.2. The second-order valence-electron chi connectivity index (χ2n) is 5.01. The average Bonchev–Trinajstić information content (AvgIpc) is 2.90. The summed E-state index contributed by atoms with van der Waals surface area (Å²) in [4.78, 5) is 34.4. The van der Waals surface area contributed by atoms with E-state index < -0.39 is 17.9 Å². The van der Waals surface area contributed by atoms with Crippen molar-refractivity contribution in [2.24, 2.45) is 11.7 Å². The van der Waals surface area contributed by atoms with Gasteiger partial charge in [0.2, 0.25) is 11.8 Å². The Morgan fingerprint density at radius 3 is 2.61 bits per heavy atom. The topological polar surface area (TPSA) is 128 Å². The number of halogens is 1. The van der Waals surface area contributed by atoms with Crippen LogP contribution in [0.15, 0.2) is 12.3 Å². The molecule has 0 aromatic carbocycles. The van der Waals surface area contributed by atoms with Crippen molar-refractivity contribution in [1.82, 2.24) is 15.1 Å². The first-order valence-corrected chi connectivity index (χ1v) is 6.77. The number of hydrogen-bond acceptors (Lipinski definition) is 6. The van der Waals surface area contributed by atoms with Gasteiger partial charge in [-0.05, 0) is 5.92 Å². The maximum Gasteiger partial charge on any atom is 0.327 e. The molecule has 23 heavy (non-hydrogen) atoms. The number of esters is 1. The van der Waals surface area contributed by atoms with Crippen LogP contribution < -0.4 is 16.4 Å². The van der Waals surface area contributed by atoms with Gasteiger partial charge in [0.25, 0.3) is 0 Å². The van der Waals surface area contributed by atoms with Crippen molar-refractivity contribution in [2.45, 2.75) is 26.4 Å². The van der Waals surface area contributed by atoms with E-state index in [0.717, 1.165) is 0 Å². The fraction of sp³-hybridized carbons (Fsp3) is 0.538. The molecule has 0 aliphatic rings. The van der Waals surface area contributed by atoms with Gasteiger partial charge in [0.1, 0.15) is 6.54 Å². The highest BCUT2D eigenvalue weighted by Gasteiger charge is 2.17. The molecule has 1 rings (SSSR count). The molecule has 1 heterocycles. The molecule has 0 radical (unpaired) electrons. The average molecular weight is 348 g/mol.